The number of hydrogen-bond donors (Lipinski definition) is 2. The number of fused-ring (bicyclic) bond motifs is 2. The quantitative estimate of drug-likeness (QED) is 0.641. The monoisotopic (exact) mass is 431 g/mol. The minimum Gasteiger partial charge on any atom is -0.482 e. The molecule has 3 aromatic rings. The van der Waals surface area contributed by atoms with Gasteiger partial charge in [-0.05, 0) is 49.9 Å². The first-order valence-corrected chi connectivity index (χ1v) is 11.0. The molecular weight excluding hydrogens is 406 g/mol. The molecule has 0 atom stereocenters. The standard InChI is InChI=1S/C24H25N5O3/c1-3-18-22(14(2)23-19(30)6-4-5-11-29(18)23)17-9-10-25-24(28-17)26-15-7-8-16-20(12-15)32-13-21(31)27-16/h7-10,12H,3-6,11,13H2,1-2H3,(H,27,31)(H,25,26,28). The van der Waals surface area contributed by atoms with Gasteiger partial charge < -0.3 is 19.9 Å². The molecule has 4 heterocycles. The van der Waals surface area contributed by atoms with Crippen LogP contribution in [0.2, 0.25) is 0 Å². The maximum Gasteiger partial charge on any atom is 0.262 e. The molecule has 0 aliphatic carbocycles. The highest BCUT2D eigenvalue weighted by atomic mass is 16.5. The van der Waals surface area contributed by atoms with Gasteiger partial charge in [0.05, 0.1) is 17.1 Å². The Kier molecular flexibility index (Phi) is 5.13. The number of carbonyl (C=O) groups excluding carboxylic acids is 2. The van der Waals surface area contributed by atoms with Gasteiger partial charge in [0.1, 0.15) is 5.75 Å². The molecule has 0 bridgehead atoms. The van der Waals surface area contributed by atoms with E-state index in [2.05, 4.69) is 27.1 Å². The molecule has 1 amide bonds. The van der Waals surface area contributed by atoms with Crippen molar-refractivity contribution in [1.29, 1.82) is 0 Å². The van der Waals surface area contributed by atoms with Crippen molar-refractivity contribution in [2.24, 2.45) is 0 Å². The van der Waals surface area contributed by atoms with Gasteiger partial charge in [-0.2, -0.15) is 0 Å². The zero-order chi connectivity index (χ0) is 22.2. The molecule has 8 heteroatoms. The Morgan fingerprint density at radius 2 is 2.09 bits per heavy atom. The van der Waals surface area contributed by atoms with E-state index in [1.54, 1.807) is 12.3 Å². The molecule has 2 aliphatic rings. The van der Waals surface area contributed by atoms with Crippen LogP contribution < -0.4 is 15.4 Å². The van der Waals surface area contributed by atoms with Gasteiger partial charge in [-0.1, -0.05) is 6.92 Å². The molecule has 2 aromatic heterocycles. The Morgan fingerprint density at radius 3 is 2.94 bits per heavy atom. The van der Waals surface area contributed by atoms with Crippen molar-refractivity contribution in [3.63, 3.8) is 0 Å². The van der Waals surface area contributed by atoms with Crippen LogP contribution in [0.25, 0.3) is 11.3 Å². The van der Waals surface area contributed by atoms with Crippen LogP contribution in [0.5, 0.6) is 5.75 Å². The Bertz CT molecular complexity index is 1230. The summed E-state index contributed by atoms with van der Waals surface area (Å²) in [6.07, 6.45) is 5.10. The van der Waals surface area contributed by atoms with Gasteiger partial charge in [0.25, 0.3) is 5.91 Å². The predicted molar refractivity (Wildman–Crippen MR) is 122 cm³/mol. The number of rotatable bonds is 4. The van der Waals surface area contributed by atoms with E-state index in [0.717, 1.165) is 59.7 Å². The number of ketones is 1. The summed E-state index contributed by atoms with van der Waals surface area (Å²) in [5, 5.41) is 6.00. The maximum absolute atomic E-state index is 12.8. The van der Waals surface area contributed by atoms with Crippen LogP contribution in [0.4, 0.5) is 17.3 Å². The summed E-state index contributed by atoms with van der Waals surface area (Å²) in [4.78, 5) is 33.4. The summed E-state index contributed by atoms with van der Waals surface area (Å²) in [6.45, 7) is 5.01. The highest BCUT2D eigenvalue weighted by Crippen LogP contribution is 2.35. The largest absolute Gasteiger partial charge is 0.482 e. The molecular formula is C24H25N5O3. The maximum atomic E-state index is 12.8. The molecule has 8 nitrogen and oxygen atoms in total. The Morgan fingerprint density at radius 1 is 1.22 bits per heavy atom. The highest BCUT2D eigenvalue weighted by Gasteiger charge is 2.26. The van der Waals surface area contributed by atoms with Crippen LogP contribution in [0.1, 0.15) is 47.9 Å². The van der Waals surface area contributed by atoms with Crippen molar-refractivity contribution in [3.05, 3.63) is 47.4 Å². The third kappa shape index (κ3) is 3.51. The normalized spacial score (nSPS) is 15.3. The second-order valence-electron chi connectivity index (χ2n) is 8.12. The first-order valence-electron chi connectivity index (χ1n) is 11.0. The number of nitrogens with zero attached hydrogens (tertiary/aromatic N) is 3. The molecule has 0 saturated heterocycles. The fraction of sp³-hybridized carbons (Fsp3) is 0.333. The number of carbonyl (C=O) groups is 2. The predicted octanol–water partition coefficient (Wildman–Crippen LogP) is 4.26. The molecule has 0 fully saturated rings. The smallest absolute Gasteiger partial charge is 0.262 e. The molecule has 1 aromatic carbocycles. The van der Waals surface area contributed by atoms with Crippen LogP contribution in [0.3, 0.4) is 0 Å². The van der Waals surface area contributed by atoms with E-state index in [4.69, 9.17) is 9.72 Å². The van der Waals surface area contributed by atoms with E-state index < -0.39 is 0 Å². The fourth-order valence-electron chi connectivity index (χ4n) is 4.63. The van der Waals surface area contributed by atoms with Crippen LogP contribution in [-0.4, -0.2) is 32.8 Å². The topological polar surface area (TPSA) is 98.1 Å². The van der Waals surface area contributed by atoms with Crippen LogP contribution in [0, 0.1) is 6.92 Å². The van der Waals surface area contributed by atoms with E-state index in [9.17, 15) is 9.59 Å². The SMILES string of the molecule is CCc1c(-c2ccnc(Nc3ccc4c(c3)OCC(=O)N4)n2)c(C)c2n1CCCCC2=O. The average molecular weight is 431 g/mol. The zero-order valence-corrected chi connectivity index (χ0v) is 18.2. The first kappa shape index (κ1) is 20.2. The third-order valence-corrected chi connectivity index (χ3v) is 6.03. The van der Waals surface area contributed by atoms with E-state index in [0.29, 0.717) is 23.8 Å². The number of Topliss-reactive ketones (excluding diaryl/α,β-unsaturated/α-hetero) is 1. The molecule has 0 radical (unpaired) electrons. The average Bonchev–Trinajstić information content (AvgIpc) is 2.93. The minimum atomic E-state index is -0.166. The van der Waals surface area contributed by atoms with E-state index in [-0.39, 0.29) is 18.3 Å². The van der Waals surface area contributed by atoms with Crippen molar-refractivity contribution in [1.82, 2.24) is 14.5 Å². The van der Waals surface area contributed by atoms with E-state index in [1.807, 2.05) is 25.1 Å². The lowest BCUT2D eigenvalue weighted by Crippen LogP contribution is -2.25. The van der Waals surface area contributed by atoms with Crippen molar-refractivity contribution >= 4 is 29.0 Å². The highest BCUT2D eigenvalue weighted by molar-refractivity contribution is 5.99. The number of anilines is 3. The fourth-order valence-corrected chi connectivity index (χ4v) is 4.63. The second-order valence-corrected chi connectivity index (χ2v) is 8.12. The molecule has 164 valence electrons. The minimum absolute atomic E-state index is 0.000444. The van der Waals surface area contributed by atoms with Gasteiger partial charge in [-0.25, -0.2) is 9.97 Å². The van der Waals surface area contributed by atoms with Crippen molar-refractivity contribution < 1.29 is 14.3 Å². The summed E-state index contributed by atoms with van der Waals surface area (Å²) in [7, 11) is 0. The zero-order valence-electron chi connectivity index (χ0n) is 18.2. The lowest BCUT2D eigenvalue weighted by atomic mass is 10.0. The molecule has 0 spiro atoms. The molecule has 5 rings (SSSR count). The third-order valence-electron chi connectivity index (χ3n) is 6.03. The lowest BCUT2D eigenvalue weighted by molar-refractivity contribution is -0.118. The second kappa shape index (κ2) is 8.11. The number of nitrogens with one attached hydrogen (secondary N) is 2. The van der Waals surface area contributed by atoms with Crippen molar-refractivity contribution in [2.75, 3.05) is 17.2 Å². The number of hydrogen-bond acceptors (Lipinski definition) is 6. The van der Waals surface area contributed by atoms with Crippen molar-refractivity contribution in [2.45, 2.75) is 46.1 Å². The summed E-state index contributed by atoms with van der Waals surface area (Å²) in [6, 6.07) is 7.33. The summed E-state index contributed by atoms with van der Waals surface area (Å²) < 4.78 is 7.69. The van der Waals surface area contributed by atoms with Gasteiger partial charge in [-0.3, -0.25) is 9.59 Å². The number of amides is 1. The number of benzene rings is 1. The summed E-state index contributed by atoms with van der Waals surface area (Å²) in [5.74, 6) is 1.11. The molecule has 2 N–H and O–H groups in total. The van der Waals surface area contributed by atoms with Gasteiger partial charge in [-0.15, -0.1) is 0 Å². The Balaban J connectivity index is 1.50. The summed E-state index contributed by atoms with van der Waals surface area (Å²) >= 11 is 0. The van der Waals surface area contributed by atoms with Crippen molar-refractivity contribution in [3.8, 4) is 17.0 Å². The molecule has 2 aliphatic heterocycles. The van der Waals surface area contributed by atoms with Crippen LogP contribution in [0.15, 0.2) is 30.5 Å². The van der Waals surface area contributed by atoms with E-state index >= 15 is 0 Å². The number of aromatic nitrogens is 3. The van der Waals surface area contributed by atoms with Crippen LogP contribution in [-0.2, 0) is 17.8 Å². The summed E-state index contributed by atoms with van der Waals surface area (Å²) in [5.41, 5.74) is 6.20. The Hall–Kier alpha value is -3.68. The van der Waals surface area contributed by atoms with E-state index in [1.165, 1.54) is 0 Å². The Labute approximate surface area is 186 Å². The van der Waals surface area contributed by atoms with Gasteiger partial charge in [0.15, 0.2) is 12.4 Å². The molecule has 0 saturated carbocycles. The number of ether oxygens (including phenoxy) is 1. The lowest BCUT2D eigenvalue weighted by Gasteiger charge is -2.18. The molecule has 32 heavy (non-hydrogen) atoms. The molecule has 0 unspecified atom stereocenters. The van der Waals surface area contributed by atoms with Gasteiger partial charge in [0, 0.05) is 42.2 Å². The first-order chi connectivity index (χ1) is 15.5. The van der Waals surface area contributed by atoms with Gasteiger partial charge >= 0.3 is 0 Å². The van der Waals surface area contributed by atoms with Crippen LogP contribution >= 0.6 is 0 Å². The van der Waals surface area contributed by atoms with Gasteiger partial charge in [0.2, 0.25) is 5.95 Å².